The van der Waals surface area contributed by atoms with Crippen LogP contribution in [0.15, 0.2) is 35.1 Å². The molecule has 0 radical (unpaired) electrons. The number of aromatic nitrogens is 1. The minimum atomic E-state index is -0.699. The van der Waals surface area contributed by atoms with Crippen LogP contribution in [0.4, 0.5) is 0 Å². The highest BCUT2D eigenvalue weighted by Crippen LogP contribution is 2.31. The van der Waals surface area contributed by atoms with Crippen LogP contribution >= 0.6 is 0 Å². The van der Waals surface area contributed by atoms with Gasteiger partial charge in [-0.15, -0.1) is 0 Å². The number of ketones is 1. The number of aryl methyl sites for hydroxylation is 1. The summed E-state index contributed by atoms with van der Waals surface area (Å²) in [4.78, 5) is 39.2. The number of hydrogen-bond acceptors (Lipinski definition) is 4. The van der Waals surface area contributed by atoms with Crippen LogP contribution in [0, 0.1) is 6.92 Å². The number of benzene rings is 1. The molecule has 124 valence electrons. The molecule has 0 saturated carbocycles. The van der Waals surface area contributed by atoms with Crippen molar-refractivity contribution in [3.63, 3.8) is 0 Å². The molecule has 0 bridgehead atoms. The number of fused-ring (bicyclic) bond motifs is 1. The minimum Gasteiger partial charge on any atom is -0.462 e. The first kappa shape index (κ1) is 16.2. The van der Waals surface area contributed by atoms with Gasteiger partial charge < -0.3 is 9.72 Å². The van der Waals surface area contributed by atoms with Crippen LogP contribution in [0.3, 0.4) is 0 Å². The average Bonchev–Trinajstić information content (AvgIpc) is 2.55. The number of esters is 1. The van der Waals surface area contributed by atoms with Gasteiger partial charge in [0.15, 0.2) is 5.78 Å². The highest BCUT2D eigenvalue weighted by molar-refractivity contribution is 6.01. The fourth-order valence-corrected chi connectivity index (χ4v) is 3.07. The van der Waals surface area contributed by atoms with Gasteiger partial charge in [0.1, 0.15) is 5.56 Å². The number of aromatic amines is 1. The maximum Gasteiger partial charge on any atom is 0.343 e. The highest BCUT2D eigenvalue weighted by atomic mass is 16.5. The molecule has 0 saturated heterocycles. The van der Waals surface area contributed by atoms with Gasteiger partial charge in [0.25, 0.3) is 5.56 Å². The number of hydrogen-bond donors (Lipinski definition) is 1. The lowest BCUT2D eigenvalue weighted by atomic mass is 9.81. The van der Waals surface area contributed by atoms with Gasteiger partial charge in [-0.2, -0.15) is 0 Å². The molecule has 3 rings (SSSR count). The Kier molecular flexibility index (Phi) is 4.34. The molecule has 0 aliphatic heterocycles. The molecule has 0 unspecified atom stereocenters. The van der Waals surface area contributed by atoms with Gasteiger partial charge in [0, 0.05) is 17.7 Å². The first-order chi connectivity index (χ1) is 11.5. The summed E-state index contributed by atoms with van der Waals surface area (Å²) in [5.41, 5.74) is 2.63. The summed E-state index contributed by atoms with van der Waals surface area (Å²) in [5.74, 6) is -0.728. The molecular formula is C19H19NO4. The molecule has 2 aromatic rings. The zero-order valence-electron chi connectivity index (χ0n) is 13.7. The fraction of sp³-hybridized carbons (Fsp3) is 0.316. The lowest BCUT2D eigenvalue weighted by Crippen LogP contribution is -2.28. The number of Topliss-reactive ketones (excluding diaryl/α,β-unsaturated/α-hetero) is 1. The van der Waals surface area contributed by atoms with Gasteiger partial charge in [-0.25, -0.2) is 4.79 Å². The van der Waals surface area contributed by atoms with Gasteiger partial charge in [0.2, 0.25) is 0 Å². The Hall–Kier alpha value is -2.69. The van der Waals surface area contributed by atoms with Crippen LogP contribution in [0.5, 0.6) is 0 Å². The van der Waals surface area contributed by atoms with E-state index in [1.165, 1.54) is 6.07 Å². The molecule has 0 spiro atoms. The van der Waals surface area contributed by atoms with Gasteiger partial charge in [-0.3, -0.25) is 9.59 Å². The largest absolute Gasteiger partial charge is 0.462 e. The third-order valence-corrected chi connectivity index (χ3v) is 4.35. The molecule has 1 aliphatic carbocycles. The first-order valence-electron chi connectivity index (χ1n) is 8.02. The lowest BCUT2D eigenvalue weighted by Gasteiger charge is -2.24. The molecule has 5 heteroatoms. The Morgan fingerprint density at radius 3 is 2.58 bits per heavy atom. The molecule has 1 aromatic heterocycles. The SMILES string of the molecule is CCOC(=O)c1cc2c([nH]c1=O)C[C@H](c1ccc(C)cc1)CC2=O. The average molecular weight is 325 g/mol. The van der Waals surface area contributed by atoms with Gasteiger partial charge in [0.05, 0.1) is 6.61 Å². The van der Waals surface area contributed by atoms with Crippen molar-refractivity contribution in [1.82, 2.24) is 4.98 Å². The summed E-state index contributed by atoms with van der Waals surface area (Å²) < 4.78 is 4.87. The van der Waals surface area contributed by atoms with Crippen LogP contribution < -0.4 is 5.56 Å². The zero-order valence-corrected chi connectivity index (χ0v) is 13.7. The second-order valence-electron chi connectivity index (χ2n) is 6.06. The van der Waals surface area contributed by atoms with Crippen LogP contribution in [-0.2, 0) is 11.2 Å². The summed E-state index contributed by atoms with van der Waals surface area (Å²) in [6.07, 6.45) is 0.937. The number of carbonyl (C=O) groups is 2. The molecule has 24 heavy (non-hydrogen) atoms. The Balaban J connectivity index is 1.95. The van der Waals surface area contributed by atoms with Crippen LogP contribution in [0.1, 0.15) is 56.8 Å². The van der Waals surface area contributed by atoms with Crippen LogP contribution in [-0.4, -0.2) is 23.3 Å². The Bertz CT molecular complexity index is 849. The van der Waals surface area contributed by atoms with E-state index in [1.807, 2.05) is 31.2 Å². The zero-order chi connectivity index (χ0) is 17.3. The summed E-state index contributed by atoms with van der Waals surface area (Å²) in [5, 5.41) is 0. The number of ether oxygens (including phenoxy) is 1. The van der Waals surface area contributed by atoms with Crippen molar-refractivity contribution >= 4 is 11.8 Å². The molecular weight excluding hydrogens is 306 g/mol. The second-order valence-corrected chi connectivity index (χ2v) is 6.06. The van der Waals surface area contributed by atoms with E-state index < -0.39 is 11.5 Å². The van der Waals surface area contributed by atoms with E-state index in [9.17, 15) is 14.4 Å². The first-order valence-corrected chi connectivity index (χ1v) is 8.02. The van der Waals surface area contributed by atoms with E-state index in [0.717, 1.165) is 11.1 Å². The van der Waals surface area contributed by atoms with Crippen molar-refractivity contribution in [3.8, 4) is 0 Å². The Labute approximate surface area is 139 Å². The van der Waals surface area contributed by atoms with Crippen molar-refractivity contribution in [2.75, 3.05) is 6.61 Å². The van der Waals surface area contributed by atoms with Crippen LogP contribution in [0.25, 0.3) is 0 Å². The molecule has 5 nitrogen and oxygen atoms in total. The summed E-state index contributed by atoms with van der Waals surface area (Å²) in [6, 6.07) is 9.44. The second kappa shape index (κ2) is 6.43. The highest BCUT2D eigenvalue weighted by Gasteiger charge is 2.29. The van der Waals surface area contributed by atoms with Crippen molar-refractivity contribution in [2.45, 2.75) is 32.6 Å². The Morgan fingerprint density at radius 2 is 1.92 bits per heavy atom. The van der Waals surface area contributed by atoms with Crippen molar-refractivity contribution in [3.05, 3.63) is 68.6 Å². The van der Waals surface area contributed by atoms with Crippen LogP contribution in [0.2, 0.25) is 0 Å². The molecule has 1 atom stereocenters. The fourth-order valence-electron chi connectivity index (χ4n) is 3.07. The van der Waals surface area contributed by atoms with E-state index in [1.54, 1.807) is 6.92 Å². The molecule has 1 heterocycles. The quantitative estimate of drug-likeness (QED) is 0.880. The summed E-state index contributed by atoms with van der Waals surface area (Å²) in [6.45, 7) is 3.86. The van der Waals surface area contributed by atoms with Gasteiger partial charge in [-0.1, -0.05) is 29.8 Å². The van der Waals surface area contributed by atoms with Crippen molar-refractivity contribution in [2.24, 2.45) is 0 Å². The predicted octanol–water partition coefficient (Wildman–Crippen LogP) is 2.77. The molecule has 1 aliphatic rings. The number of pyridine rings is 1. The number of nitrogens with one attached hydrogen (secondary N) is 1. The predicted molar refractivity (Wildman–Crippen MR) is 89.6 cm³/mol. The number of H-pyrrole nitrogens is 1. The van der Waals surface area contributed by atoms with E-state index in [2.05, 4.69) is 4.98 Å². The molecule has 0 fully saturated rings. The third-order valence-electron chi connectivity index (χ3n) is 4.35. The number of carbonyl (C=O) groups excluding carboxylic acids is 2. The van der Waals surface area contributed by atoms with E-state index in [0.29, 0.717) is 24.1 Å². The monoisotopic (exact) mass is 325 g/mol. The normalized spacial score (nSPS) is 16.6. The molecule has 1 N–H and O–H groups in total. The van der Waals surface area contributed by atoms with Crippen molar-refractivity contribution < 1.29 is 14.3 Å². The van der Waals surface area contributed by atoms with E-state index >= 15 is 0 Å². The number of rotatable bonds is 3. The smallest absolute Gasteiger partial charge is 0.343 e. The molecule has 0 amide bonds. The lowest BCUT2D eigenvalue weighted by molar-refractivity contribution is 0.0524. The maximum atomic E-state index is 12.5. The maximum absolute atomic E-state index is 12.5. The minimum absolute atomic E-state index is 0.0368. The van der Waals surface area contributed by atoms with Crippen molar-refractivity contribution in [1.29, 1.82) is 0 Å². The summed E-state index contributed by atoms with van der Waals surface area (Å²) >= 11 is 0. The topological polar surface area (TPSA) is 76.2 Å². The van der Waals surface area contributed by atoms with Gasteiger partial charge in [-0.05, 0) is 37.8 Å². The molecule has 1 aromatic carbocycles. The standard InChI is InChI=1S/C19H19NO4/c1-3-24-19(23)15-10-14-16(20-18(15)22)8-13(9-17(14)21)12-6-4-11(2)5-7-12/h4-7,10,13H,3,8-9H2,1-2H3,(H,20,22)/t13-/m0/s1. The third kappa shape index (κ3) is 3.02. The Morgan fingerprint density at radius 1 is 1.21 bits per heavy atom. The van der Waals surface area contributed by atoms with E-state index in [-0.39, 0.29) is 23.9 Å². The van der Waals surface area contributed by atoms with Gasteiger partial charge >= 0.3 is 5.97 Å². The van der Waals surface area contributed by atoms with E-state index in [4.69, 9.17) is 4.74 Å². The summed E-state index contributed by atoms with van der Waals surface area (Å²) in [7, 11) is 0.